The molecule has 256 valence electrons. The zero-order chi connectivity index (χ0) is 35.8. The summed E-state index contributed by atoms with van der Waals surface area (Å²) in [6, 6.07) is 27.9. The average Bonchev–Trinajstić information content (AvgIpc) is 3.51. The van der Waals surface area contributed by atoms with E-state index >= 15 is 4.79 Å². The van der Waals surface area contributed by atoms with Crippen LogP contribution in [-0.2, 0) is 24.6 Å². The van der Waals surface area contributed by atoms with Crippen molar-refractivity contribution >= 4 is 47.6 Å². The van der Waals surface area contributed by atoms with Crippen molar-refractivity contribution in [2.45, 2.75) is 38.0 Å². The number of carbonyl (C=O) groups excluding carboxylic acids is 4. The van der Waals surface area contributed by atoms with Crippen molar-refractivity contribution in [3.05, 3.63) is 131 Å². The Balaban J connectivity index is 1.31. The summed E-state index contributed by atoms with van der Waals surface area (Å²) in [5.74, 6) is -5.76. The molecule has 1 saturated carbocycles. The molecule has 6 atom stereocenters. The van der Waals surface area contributed by atoms with Gasteiger partial charge in [-0.15, -0.1) is 0 Å². The van der Waals surface area contributed by atoms with Crippen LogP contribution in [0.3, 0.4) is 0 Å². The number of carbonyl (C=O) groups is 4. The van der Waals surface area contributed by atoms with Gasteiger partial charge >= 0.3 is 7.12 Å². The highest BCUT2D eigenvalue weighted by molar-refractivity contribution is 6.58. The Morgan fingerprint density at radius 2 is 1.53 bits per heavy atom. The summed E-state index contributed by atoms with van der Waals surface area (Å²) in [7, 11) is -1.79. The number of para-hydroxylation sites is 1. The zero-order valence-corrected chi connectivity index (χ0v) is 28.1. The van der Waals surface area contributed by atoms with Crippen LogP contribution in [0.4, 0.5) is 11.4 Å². The topological polar surface area (TPSA) is 147 Å². The van der Waals surface area contributed by atoms with E-state index in [1.165, 1.54) is 12.1 Å². The minimum atomic E-state index is -1.79. The lowest BCUT2D eigenvalue weighted by molar-refractivity contribution is -0.138. The Morgan fingerprint density at radius 1 is 0.804 bits per heavy atom. The van der Waals surface area contributed by atoms with Crippen LogP contribution in [0.5, 0.6) is 5.75 Å². The summed E-state index contributed by atoms with van der Waals surface area (Å²) in [6.45, 7) is 3.72. The number of aromatic hydroxyl groups is 1. The highest BCUT2D eigenvalue weighted by atomic mass is 16.4. The van der Waals surface area contributed by atoms with Gasteiger partial charge in [0.1, 0.15) is 5.75 Å². The molecule has 2 aliphatic heterocycles. The maximum atomic E-state index is 15.2. The molecule has 51 heavy (non-hydrogen) atoms. The van der Waals surface area contributed by atoms with E-state index in [1.807, 2.05) is 61.5 Å². The molecule has 0 spiro atoms. The number of phenolic OH excluding ortho intramolecular Hbond substituents is 1. The molecule has 4 aromatic carbocycles. The van der Waals surface area contributed by atoms with E-state index in [9.17, 15) is 29.5 Å². The van der Waals surface area contributed by atoms with Gasteiger partial charge in [-0.1, -0.05) is 90.0 Å². The summed E-state index contributed by atoms with van der Waals surface area (Å²) in [5.41, 5.74) is 5.94. The quantitative estimate of drug-likeness (QED) is 0.136. The first-order valence-electron chi connectivity index (χ1n) is 17.1. The van der Waals surface area contributed by atoms with Gasteiger partial charge in [-0.05, 0) is 73.5 Å². The zero-order valence-electron chi connectivity index (χ0n) is 28.1. The van der Waals surface area contributed by atoms with Gasteiger partial charge in [-0.3, -0.25) is 29.5 Å². The average molecular weight is 682 g/mol. The van der Waals surface area contributed by atoms with Crippen molar-refractivity contribution in [2.24, 2.45) is 23.7 Å². The number of rotatable bonds is 6. The fourth-order valence-corrected chi connectivity index (χ4v) is 9.09. The number of amides is 4. The van der Waals surface area contributed by atoms with Crippen molar-refractivity contribution < 1.29 is 34.3 Å². The third-order valence-corrected chi connectivity index (χ3v) is 11.4. The number of fused-ring (bicyclic) bond motifs is 4. The molecular formula is C40H36BN3O7. The van der Waals surface area contributed by atoms with Gasteiger partial charge in [0, 0.05) is 11.5 Å². The Bertz CT molecular complexity index is 2140. The van der Waals surface area contributed by atoms with Crippen LogP contribution in [0.25, 0.3) is 0 Å². The van der Waals surface area contributed by atoms with Gasteiger partial charge in [0.05, 0.1) is 34.5 Å². The fraction of sp³-hybridized carbons (Fsp3) is 0.250. The van der Waals surface area contributed by atoms with Gasteiger partial charge < -0.3 is 15.2 Å². The molecule has 4 amide bonds. The third kappa shape index (κ3) is 4.79. The summed E-state index contributed by atoms with van der Waals surface area (Å²) < 4.78 is 0. The van der Waals surface area contributed by atoms with Crippen molar-refractivity contribution in [3.63, 3.8) is 0 Å². The van der Waals surface area contributed by atoms with Gasteiger partial charge in [0.15, 0.2) is 0 Å². The lowest BCUT2D eigenvalue weighted by atomic mass is 9.49. The number of nitrogens with one attached hydrogen (secondary N) is 1. The van der Waals surface area contributed by atoms with Crippen molar-refractivity contribution in [2.75, 3.05) is 10.3 Å². The summed E-state index contributed by atoms with van der Waals surface area (Å²) in [4.78, 5) is 59.7. The highest BCUT2D eigenvalue weighted by Gasteiger charge is 2.70. The molecule has 4 aliphatic rings. The summed E-state index contributed by atoms with van der Waals surface area (Å²) >= 11 is 0. The number of hydrogen-bond donors (Lipinski definition) is 4. The Kier molecular flexibility index (Phi) is 7.73. The van der Waals surface area contributed by atoms with E-state index in [2.05, 4.69) is 5.43 Å². The van der Waals surface area contributed by atoms with E-state index in [-0.39, 0.29) is 29.7 Å². The number of benzene rings is 4. The van der Waals surface area contributed by atoms with Gasteiger partial charge in [0.25, 0.3) is 11.8 Å². The Morgan fingerprint density at radius 3 is 2.25 bits per heavy atom. The molecule has 0 radical (unpaired) electrons. The Labute approximate surface area is 295 Å². The smallest absolute Gasteiger partial charge is 0.488 e. The molecule has 0 bridgehead atoms. The second-order valence-corrected chi connectivity index (χ2v) is 14.1. The number of hydrogen-bond acceptors (Lipinski definition) is 8. The molecule has 10 nitrogen and oxygen atoms in total. The molecule has 11 heteroatoms. The number of nitrogens with zero attached hydrogens (tertiary/aromatic N) is 2. The molecule has 0 aromatic heterocycles. The normalized spacial score (nSPS) is 26.8. The largest absolute Gasteiger partial charge is 0.507 e. The standard InChI is InChI=1S/C40H36BN3O7/c1-22-14-16-26(17-15-22)42-44-37(47)32-21-31-28(18-19-29-33(31)38(48)43(36(29)46)27-12-7-11-25(20-27)41(50)51)34(30-13-6-8-23(2)35(30)45)40(32,39(44)49)24-9-4-3-5-10-24/h3-18,20,29,31-34,42,45,50-51H,19,21H2,1-2H3. The molecule has 3 fully saturated rings. The minimum absolute atomic E-state index is 0.000231. The van der Waals surface area contributed by atoms with E-state index in [0.29, 0.717) is 22.4 Å². The van der Waals surface area contributed by atoms with Crippen molar-refractivity contribution in [1.29, 1.82) is 0 Å². The molecule has 2 aliphatic carbocycles. The number of anilines is 2. The summed E-state index contributed by atoms with van der Waals surface area (Å²) in [5, 5.41) is 32.4. The van der Waals surface area contributed by atoms with Gasteiger partial charge in [0.2, 0.25) is 11.8 Å². The molecule has 4 aromatic rings. The van der Waals surface area contributed by atoms with Crippen LogP contribution < -0.4 is 15.8 Å². The monoisotopic (exact) mass is 681 g/mol. The second kappa shape index (κ2) is 12.1. The number of hydrazine groups is 1. The SMILES string of the molecule is Cc1ccc(NN2C(=O)C3CC4C(=CCC5C(=O)N(c6cccc(B(O)O)c6)C(=O)C54)C(c4cccc(C)c4O)C3(c3ccccc3)C2=O)cc1. The third-order valence-electron chi connectivity index (χ3n) is 11.4. The van der Waals surface area contributed by atoms with Crippen LogP contribution in [-0.4, -0.2) is 50.9 Å². The number of phenols is 1. The molecular weight excluding hydrogens is 645 g/mol. The summed E-state index contributed by atoms with van der Waals surface area (Å²) in [6.07, 6.45) is 2.27. The van der Waals surface area contributed by atoms with E-state index in [0.717, 1.165) is 21.0 Å². The molecule has 6 unspecified atom stereocenters. The number of aryl methyl sites for hydroxylation is 2. The highest BCUT2D eigenvalue weighted by Crippen LogP contribution is 2.65. The first kappa shape index (κ1) is 32.7. The lowest BCUT2D eigenvalue weighted by Crippen LogP contribution is -2.53. The van der Waals surface area contributed by atoms with Crippen LogP contribution >= 0.6 is 0 Å². The second-order valence-electron chi connectivity index (χ2n) is 14.1. The van der Waals surface area contributed by atoms with Crippen molar-refractivity contribution in [3.8, 4) is 5.75 Å². The van der Waals surface area contributed by atoms with E-state index < -0.39 is 65.8 Å². The van der Waals surface area contributed by atoms with Crippen LogP contribution in [0.15, 0.2) is 109 Å². The molecule has 2 saturated heterocycles. The van der Waals surface area contributed by atoms with E-state index in [1.54, 1.807) is 43.3 Å². The maximum Gasteiger partial charge on any atom is 0.488 e. The van der Waals surface area contributed by atoms with Gasteiger partial charge in [-0.2, -0.15) is 5.01 Å². The molecule has 8 rings (SSSR count). The first-order chi connectivity index (χ1) is 24.5. The number of imide groups is 2. The van der Waals surface area contributed by atoms with Crippen LogP contribution in [0.2, 0.25) is 0 Å². The van der Waals surface area contributed by atoms with Gasteiger partial charge in [-0.25, -0.2) is 0 Å². The van der Waals surface area contributed by atoms with Crippen LogP contribution in [0, 0.1) is 37.5 Å². The van der Waals surface area contributed by atoms with Crippen molar-refractivity contribution in [1.82, 2.24) is 5.01 Å². The minimum Gasteiger partial charge on any atom is -0.507 e. The number of allylic oxidation sites excluding steroid dienone is 2. The van der Waals surface area contributed by atoms with E-state index in [4.69, 9.17) is 0 Å². The maximum absolute atomic E-state index is 15.2. The first-order valence-corrected chi connectivity index (χ1v) is 17.1. The lowest BCUT2D eigenvalue weighted by Gasteiger charge is -2.50. The molecule has 4 N–H and O–H groups in total. The van der Waals surface area contributed by atoms with Crippen LogP contribution in [0.1, 0.15) is 41.0 Å². The fourth-order valence-electron chi connectivity index (χ4n) is 9.09. The Hall–Kier alpha value is -5.52. The molecule has 2 heterocycles. The predicted octanol–water partition coefficient (Wildman–Crippen LogP) is 3.88. The predicted molar refractivity (Wildman–Crippen MR) is 190 cm³/mol.